The van der Waals surface area contributed by atoms with Crippen molar-refractivity contribution in [2.45, 2.75) is 6.92 Å². The molecule has 0 radical (unpaired) electrons. The lowest BCUT2D eigenvalue weighted by atomic mass is 9.95. The maximum absolute atomic E-state index is 14.1. The molecule has 0 atom stereocenters. The number of nitrogens with one attached hydrogen (secondary N) is 1. The average Bonchev–Trinajstić information content (AvgIpc) is 2.92. The summed E-state index contributed by atoms with van der Waals surface area (Å²) < 4.78 is 38.3. The molecule has 24 heavy (non-hydrogen) atoms. The Morgan fingerprint density at radius 3 is 2.92 bits per heavy atom. The minimum Gasteiger partial charge on any atom is -0.460 e. The molecule has 0 aliphatic heterocycles. The van der Waals surface area contributed by atoms with Crippen LogP contribution in [0, 0.1) is 11.6 Å². The normalized spacial score (nSPS) is 10.8. The van der Waals surface area contributed by atoms with E-state index in [1.807, 2.05) is 0 Å². The first-order valence-corrected chi connectivity index (χ1v) is 7.27. The molecule has 0 saturated carbocycles. The van der Waals surface area contributed by atoms with Crippen molar-refractivity contribution in [3.05, 3.63) is 48.0 Å². The van der Waals surface area contributed by atoms with Crippen molar-refractivity contribution >= 4 is 41.6 Å². The number of esters is 1. The van der Waals surface area contributed by atoms with Gasteiger partial charge >= 0.3 is 5.97 Å². The molecule has 0 spiro atoms. The van der Waals surface area contributed by atoms with Crippen LogP contribution in [0.25, 0.3) is 11.0 Å². The molecule has 0 bridgehead atoms. The Morgan fingerprint density at radius 1 is 1.38 bits per heavy atom. The number of hydrogen-bond donors (Lipinski definition) is 1. The van der Waals surface area contributed by atoms with E-state index < -0.39 is 17.6 Å². The monoisotopic (exact) mass is 330 g/mol. The third-order valence-corrected chi connectivity index (χ3v) is 3.46. The topological polar surface area (TPSA) is 64.4 Å². The van der Waals surface area contributed by atoms with Gasteiger partial charge in [0.1, 0.15) is 30.8 Å². The van der Waals surface area contributed by atoms with Gasteiger partial charge in [0.2, 0.25) is 5.76 Å². The summed E-state index contributed by atoms with van der Waals surface area (Å²) in [5, 5.41) is 3.18. The number of anilines is 2. The minimum absolute atomic E-state index is 0.116. The van der Waals surface area contributed by atoms with E-state index in [2.05, 4.69) is 10.3 Å². The molecule has 0 aliphatic carbocycles. The van der Waals surface area contributed by atoms with Crippen LogP contribution < -0.4 is 10.8 Å². The Morgan fingerprint density at radius 2 is 2.17 bits per heavy atom. The van der Waals surface area contributed by atoms with Gasteiger partial charge in [0, 0.05) is 12.4 Å². The molecule has 0 fully saturated rings. The van der Waals surface area contributed by atoms with E-state index in [1.54, 1.807) is 13.0 Å². The highest BCUT2D eigenvalue weighted by Crippen LogP contribution is 2.33. The SMILES string of the molecule is Bc1cc(F)c(Nc2c(C(=O)OCC)oc3ccncc23)cc1F. The molecular formula is C16H13BF2N2O3. The predicted octanol–water partition coefficient (Wildman–Crippen LogP) is 2.28. The first-order chi connectivity index (χ1) is 11.5. The van der Waals surface area contributed by atoms with Gasteiger partial charge in [-0.15, -0.1) is 0 Å². The zero-order valence-electron chi connectivity index (χ0n) is 13.0. The number of rotatable bonds is 4. The second-order valence-corrected chi connectivity index (χ2v) is 5.10. The summed E-state index contributed by atoms with van der Waals surface area (Å²) in [5.41, 5.74) is 0.625. The molecule has 0 saturated heterocycles. The molecular weight excluding hydrogens is 317 g/mol. The van der Waals surface area contributed by atoms with E-state index in [9.17, 15) is 13.6 Å². The van der Waals surface area contributed by atoms with E-state index in [-0.39, 0.29) is 29.2 Å². The van der Waals surface area contributed by atoms with Crippen LogP contribution in [0.2, 0.25) is 0 Å². The number of pyridine rings is 1. The van der Waals surface area contributed by atoms with Crippen LogP contribution in [0.4, 0.5) is 20.2 Å². The molecule has 5 nitrogen and oxygen atoms in total. The van der Waals surface area contributed by atoms with Gasteiger partial charge in [0.15, 0.2) is 0 Å². The van der Waals surface area contributed by atoms with Crippen molar-refractivity contribution in [3.63, 3.8) is 0 Å². The standard InChI is InChI=1S/C16H13BF2N2O3/c1-2-23-16(22)15-14(8-7-20-4-3-13(8)24-15)21-12-6-10(18)9(17)5-11(12)19/h3-7,21H,2,17H2,1H3. The number of ether oxygens (including phenoxy) is 1. The molecule has 3 aromatic rings. The van der Waals surface area contributed by atoms with E-state index >= 15 is 0 Å². The number of benzene rings is 1. The average molecular weight is 330 g/mol. The number of nitrogens with zero attached hydrogens (tertiary/aromatic N) is 1. The van der Waals surface area contributed by atoms with Crippen molar-refractivity contribution < 1.29 is 22.7 Å². The lowest BCUT2D eigenvalue weighted by Gasteiger charge is -2.09. The largest absolute Gasteiger partial charge is 0.460 e. The molecule has 0 unspecified atom stereocenters. The van der Waals surface area contributed by atoms with Gasteiger partial charge in [0.05, 0.1) is 17.7 Å². The predicted molar refractivity (Wildman–Crippen MR) is 87.8 cm³/mol. The number of halogens is 2. The second-order valence-electron chi connectivity index (χ2n) is 5.10. The van der Waals surface area contributed by atoms with Gasteiger partial charge in [0.25, 0.3) is 0 Å². The van der Waals surface area contributed by atoms with Gasteiger partial charge in [-0.05, 0) is 25.1 Å². The van der Waals surface area contributed by atoms with Crippen LogP contribution in [0.15, 0.2) is 35.0 Å². The van der Waals surface area contributed by atoms with Crippen LogP contribution >= 0.6 is 0 Å². The Hall–Kier alpha value is -2.90. The summed E-state index contributed by atoms with van der Waals surface area (Å²) in [6.07, 6.45) is 2.96. The van der Waals surface area contributed by atoms with Gasteiger partial charge in [-0.25, -0.2) is 13.6 Å². The number of hydrogen-bond acceptors (Lipinski definition) is 5. The molecule has 122 valence electrons. The molecule has 8 heteroatoms. The van der Waals surface area contributed by atoms with Crippen molar-refractivity contribution in [1.29, 1.82) is 0 Å². The third kappa shape index (κ3) is 2.82. The first-order valence-electron chi connectivity index (χ1n) is 7.27. The highest BCUT2D eigenvalue weighted by Gasteiger charge is 2.23. The smallest absolute Gasteiger partial charge is 0.376 e. The van der Waals surface area contributed by atoms with E-state index in [4.69, 9.17) is 9.15 Å². The summed E-state index contributed by atoms with van der Waals surface area (Å²) in [4.78, 5) is 16.1. The second kappa shape index (κ2) is 6.31. The Labute approximate surface area is 137 Å². The fourth-order valence-corrected chi connectivity index (χ4v) is 2.28. The van der Waals surface area contributed by atoms with Gasteiger partial charge < -0.3 is 14.5 Å². The van der Waals surface area contributed by atoms with Crippen LogP contribution in [-0.2, 0) is 4.74 Å². The lowest BCUT2D eigenvalue weighted by molar-refractivity contribution is 0.0494. The fraction of sp³-hybridized carbons (Fsp3) is 0.125. The Bertz CT molecular complexity index is 927. The third-order valence-electron chi connectivity index (χ3n) is 3.46. The van der Waals surface area contributed by atoms with E-state index in [0.29, 0.717) is 11.0 Å². The summed E-state index contributed by atoms with van der Waals surface area (Å²) in [6.45, 7) is 1.81. The summed E-state index contributed by atoms with van der Waals surface area (Å²) in [6, 6.07) is 3.66. The summed E-state index contributed by atoms with van der Waals surface area (Å²) in [7, 11) is 1.46. The molecule has 1 N–H and O–H groups in total. The number of carbonyl (C=O) groups is 1. The molecule has 2 aromatic heterocycles. The highest BCUT2D eigenvalue weighted by atomic mass is 19.1. The quantitative estimate of drug-likeness (QED) is 0.587. The fourth-order valence-electron chi connectivity index (χ4n) is 2.28. The molecule has 3 rings (SSSR count). The van der Waals surface area contributed by atoms with Crippen LogP contribution in [0.3, 0.4) is 0 Å². The maximum Gasteiger partial charge on any atom is 0.376 e. The Balaban J connectivity index is 2.12. The molecule has 0 aliphatic rings. The number of carbonyl (C=O) groups excluding carboxylic acids is 1. The number of aromatic nitrogens is 1. The van der Waals surface area contributed by atoms with Gasteiger partial charge in [-0.2, -0.15) is 0 Å². The maximum atomic E-state index is 14.1. The summed E-state index contributed by atoms with van der Waals surface area (Å²) in [5.74, 6) is -2.05. The van der Waals surface area contributed by atoms with Crippen molar-refractivity contribution in [1.82, 2.24) is 4.98 Å². The van der Waals surface area contributed by atoms with E-state index in [1.165, 1.54) is 20.2 Å². The zero-order valence-corrected chi connectivity index (χ0v) is 13.0. The molecule has 0 amide bonds. The minimum atomic E-state index is -0.704. The molecule has 2 heterocycles. The van der Waals surface area contributed by atoms with Crippen molar-refractivity contribution in [2.75, 3.05) is 11.9 Å². The Kier molecular flexibility index (Phi) is 4.20. The highest BCUT2D eigenvalue weighted by molar-refractivity contribution is 6.32. The van der Waals surface area contributed by atoms with E-state index in [0.717, 1.165) is 12.1 Å². The van der Waals surface area contributed by atoms with Crippen LogP contribution in [0.5, 0.6) is 0 Å². The van der Waals surface area contributed by atoms with Gasteiger partial charge in [-0.3, -0.25) is 4.98 Å². The van der Waals surface area contributed by atoms with Crippen LogP contribution in [0.1, 0.15) is 17.5 Å². The van der Waals surface area contributed by atoms with Crippen molar-refractivity contribution in [3.8, 4) is 0 Å². The van der Waals surface area contributed by atoms with Gasteiger partial charge in [-0.1, -0.05) is 5.46 Å². The summed E-state index contributed by atoms with van der Waals surface area (Å²) >= 11 is 0. The molecule has 1 aromatic carbocycles. The van der Waals surface area contributed by atoms with Crippen LogP contribution in [-0.4, -0.2) is 25.4 Å². The number of furan rings is 1. The number of fused-ring (bicyclic) bond motifs is 1. The zero-order chi connectivity index (χ0) is 17.3. The first kappa shape index (κ1) is 16.0. The van der Waals surface area contributed by atoms with Crippen molar-refractivity contribution in [2.24, 2.45) is 0 Å². The lowest BCUT2D eigenvalue weighted by Crippen LogP contribution is -2.11.